The minimum atomic E-state index is 0.743. The molecule has 0 aliphatic rings. The number of pyridine rings is 1. The molecule has 0 saturated heterocycles. The van der Waals surface area contributed by atoms with E-state index < -0.39 is 0 Å². The standard InChI is InChI=1S/C14H18N6/c1-4-20-9-11(7-17-20)6-15-12-5-13-10(2)18-19(3)14(13)16-8-12/h5,7-9,15H,4,6H2,1-3H3. The summed E-state index contributed by atoms with van der Waals surface area (Å²) in [6.45, 7) is 5.71. The van der Waals surface area contributed by atoms with Gasteiger partial charge in [0.2, 0.25) is 0 Å². The quantitative estimate of drug-likeness (QED) is 0.788. The van der Waals surface area contributed by atoms with Gasteiger partial charge >= 0.3 is 0 Å². The molecule has 3 rings (SSSR count). The molecule has 3 aromatic heterocycles. The molecule has 0 aliphatic carbocycles. The molecule has 0 unspecified atom stereocenters. The molecule has 6 nitrogen and oxygen atoms in total. The highest BCUT2D eigenvalue weighted by Gasteiger charge is 2.07. The van der Waals surface area contributed by atoms with Crippen molar-refractivity contribution in [3.05, 3.63) is 35.9 Å². The Hall–Kier alpha value is -2.37. The lowest BCUT2D eigenvalue weighted by Crippen LogP contribution is -1.99. The number of anilines is 1. The van der Waals surface area contributed by atoms with Gasteiger partial charge in [0, 0.05) is 37.3 Å². The molecule has 6 heteroatoms. The third-order valence-electron chi connectivity index (χ3n) is 3.37. The maximum atomic E-state index is 4.45. The zero-order chi connectivity index (χ0) is 14.1. The smallest absolute Gasteiger partial charge is 0.157 e. The lowest BCUT2D eigenvalue weighted by Gasteiger charge is -2.04. The van der Waals surface area contributed by atoms with E-state index >= 15 is 0 Å². The van der Waals surface area contributed by atoms with Gasteiger partial charge in [0.15, 0.2) is 5.65 Å². The number of hydrogen-bond donors (Lipinski definition) is 1. The number of aryl methyl sites for hydroxylation is 3. The first kappa shape index (κ1) is 12.7. The molecule has 0 bridgehead atoms. The van der Waals surface area contributed by atoms with Gasteiger partial charge in [-0.3, -0.25) is 9.36 Å². The van der Waals surface area contributed by atoms with Crippen LogP contribution in [0, 0.1) is 6.92 Å². The fourth-order valence-corrected chi connectivity index (χ4v) is 2.28. The van der Waals surface area contributed by atoms with Gasteiger partial charge < -0.3 is 5.32 Å². The summed E-state index contributed by atoms with van der Waals surface area (Å²) in [6, 6.07) is 2.09. The van der Waals surface area contributed by atoms with Crippen LogP contribution in [0.25, 0.3) is 11.0 Å². The molecule has 0 aromatic carbocycles. The Bertz CT molecular complexity index is 739. The van der Waals surface area contributed by atoms with E-state index in [-0.39, 0.29) is 0 Å². The van der Waals surface area contributed by atoms with Crippen LogP contribution < -0.4 is 5.32 Å². The van der Waals surface area contributed by atoms with Crippen molar-refractivity contribution in [3.63, 3.8) is 0 Å². The van der Waals surface area contributed by atoms with E-state index in [0.717, 1.165) is 41.1 Å². The van der Waals surface area contributed by atoms with Crippen LogP contribution in [0.15, 0.2) is 24.7 Å². The van der Waals surface area contributed by atoms with Gasteiger partial charge in [-0.05, 0) is 19.9 Å². The molecule has 104 valence electrons. The van der Waals surface area contributed by atoms with Crippen LogP contribution in [0.4, 0.5) is 5.69 Å². The second-order valence-electron chi connectivity index (χ2n) is 4.86. The monoisotopic (exact) mass is 270 g/mol. The topological polar surface area (TPSA) is 60.6 Å². The average molecular weight is 270 g/mol. The van der Waals surface area contributed by atoms with E-state index in [2.05, 4.69) is 33.5 Å². The van der Waals surface area contributed by atoms with Crippen LogP contribution in [0.5, 0.6) is 0 Å². The van der Waals surface area contributed by atoms with Crippen molar-refractivity contribution in [2.75, 3.05) is 5.32 Å². The molecule has 0 atom stereocenters. The van der Waals surface area contributed by atoms with Gasteiger partial charge in [0.25, 0.3) is 0 Å². The summed E-state index contributed by atoms with van der Waals surface area (Å²) >= 11 is 0. The van der Waals surface area contributed by atoms with Gasteiger partial charge in [0.1, 0.15) is 0 Å². The Balaban J connectivity index is 1.79. The van der Waals surface area contributed by atoms with Gasteiger partial charge in [0.05, 0.1) is 23.8 Å². The Morgan fingerprint density at radius 1 is 1.30 bits per heavy atom. The van der Waals surface area contributed by atoms with E-state index in [0.29, 0.717) is 0 Å². The van der Waals surface area contributed by atoms with E-state index in [4.69, 9.17) is 0 Å². The summed E-state index contributed by atoms with van der Waals surface area (Å²) in [5.41, 5.74) is 4.07. The van der Waals surface area contributed by atoms with Gasteiger partial charge in [-0.25, -0.2) is 4.98 Å². The van der Waals surface area contributed by atoms with Crippen LogP contribution in [-0.2, 0) is 20.1 Å². The Kier molecular flexibility index (Phi) is 3.14. The molecule has 3 aromatic rings. The van der Waals surface area contributed by atoms with E-state index in [1.807, 2.05) is 37.2 Å². The average Bonchev–Trinajstić information content (AvgIpc) is 3.02. The zero-order valence-corrected chi connectivity index (χ0v) is 12.0. The second kappa shape index (κ2) is 4.96. The van der Waals surface area contributed by atoms with Crippen molar-refractivity contribution >= 4 is 16.7 Å². The summed E-state index contributed by atoms with van der Waals surface area (Å²) in [5, 5.41) is 13.1. The molecule has 0 amide bonds. The molecule has 1 N–H and O–H groups in total. The number of rotatable bonds is 4. The summed E-state index contributed by atoms with van der Waals surface area (Å²) in [5.74, 6) is 0. The molecular formula is C14H18N6. The molecule has 0 saturated carbocycles. The maximum Gasteiger partial charge on any atom is 0.157 e. The number of aromatic nitrogens is 5. The van der Waals surface area contributed by atoms with E-state index in [9.17, 15) is 0 Å². The predicted octanol–water partition coefficient (Wildman–Crippen LogP) is 2.11. The number of nitrogens with zero attached hydrogens (tertiary/aromatic N) is 5. The zero-order valence-electron chi connectivity index (χ0n) is 12.0. The largest absolute Gasteiger partial charge is 0.380 e. The molecule has 0 aliphatic heterocycles. The number of fused-ring (bicyclic) bond motifs is 1. The maximum absolute atomic E-state index is 4.45. The van der Waals surface area contributed by atoms with Crippen LogP contribution in [-0.4, -0.2) is 24.5 Å². The fourth-order valence-electron chi connectivity index (χ4n) is 2.28. The lowest BCUT2D eigenvalue weighted by atomic mass is 10.2. The first-order valence-corrected chi connectivity index (χ1v) is 6.72. The lowest BCUT2D eigenvalue weighted by molar-refractivity contribution is 0.659. The Labute approximate surface area is 117 Å². The van der Waals surface area contributed by atoms with Crippen LogP contribution in [0.3, 0.4) is 0 Å². The second-order valence-corrected chi connectivity index (χ2v) is 4.86. The normalized spacial score (nSPS) is 11.2. The van der Waals surface area contributed by atoms with Crippen LogP contribution in [0.1, 0.15) is 18.2 Å². The van der Waals surface area contributed by atoms with Crippen molar-refractivity contribution in [2.45, 2.75) is 26.9 Å². The highest BCUT2D eigenvalue weighted by atomic mass is 15.3. The molecule has 20 heavy (non-hydrogen) atoms. The van der Waals surface area contributed by atoms with Crippen molar-refractivity contribution in [1.29, 1.82) is 0 Å². The predicted molar refractivity (Wildman–Crippen MR) is 78.5 cm³/mol. The molecule has 0 radical (unpaired) electrons. The third kappa shape index (κ3) is 2.24. The first-order chi connectivity index (χ1) is 9.67. The Morgan fingerprint density at radius 2 is 2.15 bits per heavy atom. The number of nitrogens with one attached hydrogen (secondary N) is 1. The fraction of sp³-hybridized carbons (Fsp3) is 0.357. The van der Waals surface area contributed by atoms with E-state index in [1.54, 1.807) is 4.68 Å². The molecule has 0 fully saturated rings. The molecular weight excluding hydrogens is 252 g/mol. The van der Waals surface area contributed by atoms with Crippen LogP contribution in [0.2, 0.25) is 0 Å². The van der Waals surface area contributed by atoms with Crippen molar-refractivity contribution < 1.29 is 0 Å². The van der Waals surface area contributed by atoms with Crippen LogP contribution >= 0.6 is 0 Å². The summed E-state index contributed by atoms with van der Waals surface area (Å²) in [6.07, 6.45) is 5.78. The SMILES string of the molecule is CCn1cc(CNc2cnc3c(c2)c(C)nn3C)cn1. The van der Waals surface area contributed by atoms with Gasteiger partial charge in [-0.2, -0.15) is 10.2 Å². The van der Waals surface area contributed by atoms with Crippen molar-refractivity contribution in [2.24, 2.45) is 7.05 Å². The molecule has 3 heterocycles. The minimum Gasteiger partial charge on any atom is -0.380 e. The third-order valence-corrected chi connectivity index (χ3v) is 3.37. The van der Waals surface area contributed by atoms with Crippen molar-refractivity contribution in [1.82, 2.24) is 24.5 Å². The minimum absolute atomic E-state index is 0.743. The summed E-state index contributed by atoms with van der Waals surface area (Å²) in [7, 11) is 1.91. The number of hydrogen-bond acceptors (Lipinski definition) is 4. The summed E-state index contributed by atoms with van der Waals surface area (Å²) < 4.78 is 3.73. The van der Waals surface area contributed by atoms with Gasteiger partial charge in [-0.15, -0.1) is 0 Å². The summed E-state index contributed by atoms with van der Waals surface area (Å²) in [4.78, 5) is 4.45. The van der Waals surface area contributed by atoms with Gasteiger partial charge in [-0.1, -0.05) is 0 Å². The Morgan fingerprint density at radius 3 is 2.90 bits per heavy atom. The highest BCUT2D eigenvalue weighted by molar-refractivity contribution is 5.81. The van der Waals surface area contributed by atoms with E-state index in [1.165, 1.54) is 0 Å². The highest BCUT2D eigenvalue weighted by Crippen LogP contribution is 2.19. The first-order valence-electron chi connectivity index (χ1n) is 6.72. The van der Waals surface area contributed by atoms with Crippen molar-refractivity contribution in [3.8, 4) is 0 Å². The molecule has 0 spiro atoms.